The molecule has 0 unspecified atom stereocenters. The number of carbonyl (C=O) groups excluding carboxylic acids is 1. The number of halogens is 5. The summed E-state index contributed by atoms with van der Waals surface area (Å²) in [5.74, 6) is 0.207. The molecule has 0 saturated heterocycles. The molecule has 0 bridgehead atoms. The van der Waals surface area contributed by atoms with Gasteiger partial charge in [0.15, 0.2) is 5.11 Å². The Morgan fingerprint density at radius 2 is 1.71 bits per heavy atom. The quantitative estimate of drug-likeness (QED) is 0.315. The monoisotopic (exact) mass is 484 g/mol. The minimum Gasteiger partial charge on any atom is -0.457 e. The van der Waals surface area contributed by atoms with E-state index in [9.17, 15) is 18.0 Å². The standard InChI is InChI=1S/C21H13Cl2F3N2O2S/c22-13-9-12(10-14(23)11-13)18-7-5-15(30-18)6-8-19(29)28-20(31)27-17-4-2-1-3-16(17)21(24,25)26/h1-11H,(H2,27,28,29,31)/b8-6+. The molecular formula is C21H13Cl2F3N2O2S. The van der Waals surface area contributed by atoms with Crippen molar-refractivity contribution in [2.24, 2.45) is 0 Å². The van der Waals surface area contributed by atoms with Crippen LogP contribution >= 0.6 is 35.4 Å². The predicted octanol–water partition coefficient (Wildman–Crippen LogP) is 6.80. The van der Waals surface area contributed by atoms with Gasteiger partial charge in [-0.3, -0.25) is 10.1 Å². The number of rotatable bonds is 4. The minimum atomic E-state index is -4.56. The smallest absolute Gasteiger partial charge is 0.418 e. The maximum absolute atomic E-state index is 13.0. The van der Waals surface area contributed by atoms with Crippen LogP contribution in [0.25, 0.3) is 17.4 Å². The maximum Gasteiger partial charge on any atom is 0.418 e. The van der Waals surface area contributed by atoms with Crippen LogP contribution in [0.4, 0.5) is 18.9 Å². The first-order valence-corrected chi connectivity index (χ1v) is 9.81. The molecule has 3 aromatic rings. The molecule has 0 aliphatic rings. The van der Waals surface area contributed by atoms with Gasteiger partial charge in [0, 0.05) is 21.7 Å². The van der Waals surface area contributed by atoms with Gasteiger partial charge >= 0.3 is 6.18 Å². The number of furan rings is 1. The Hall–Kier alpha value is -2.81. The molecule has 0 aliphatic heterocycles. The van der Waals surface area contributed by atoms with E-state index in [0.717, 1.165) is 12.1 Å². The van der Waals surface area contributed by atoms with E-state index >= 15 is 0 Å². The minimum absolute atomic E-state index is 0.264. The number of thiocarbonyl (C=S) groups is 1. The highest BCUT2D eigenvalue weighted by Gasteiger charge is 2.33. The van der Waals surface area contributed by atoms with E-state index in [2.05, 4.69) is 10.6 Å². The van der Waals surface area contributed by atoms with Gasteiger partial charge in [-0.1, -0.05) is 35.3 Å². The average Bonchev–Trinajstić information content (AvgIpc) is 3.14. The van der Waals surface area contributed by atoms with Crippen molar-refractivity contribution in [2.75, 3.05) is 5.32 Å². The highest BCUT2D eigenvalue weighted by molar-refractivity contribution is 7.80. The van der Waals surface area contributed by atoms with Crippen LogP contribution in [0.2, 0.25) is 10.0 Å². The van der Waals surface area contributed by atoms with Crippen molar-refractivity contribution in [2.45, 2.75) is 6.18 Å². The van der Waals surface area contributed by atoms with E-state index in [4.69, 9.17) is 39.8 Å². The molecule has 3 rings (SSSR count). The lowest BCUT2D eigenvalue weighted by atomic mass is 10.1. The first-order valence-electron chi connectivity index (χ1n) is 8.64. The SMILES string of the molecule is O=C(/C=C/c1ccc(-c2cc(Cl)cc(Cl)c2)o1)NC(=S)Nc1ccccc1C(F)(F)F. The summed E-state index contributed by atoms with van der Waals surface area (Å²) >= 11 is 16.9. The molecular weight excluding hydrogens is 472 g/mol. The Labute approximate surface area is 190 Å². The Kier molecular flexibility index (Phi) is 7.04. The largest absolute Gasteiger partial charge is 0.457 e. The van der Waals surface area contributed by atoms with Crippen LogP contribution in [0, 0.1) is 0 Å². The summed E-state index contributed by atoms with van der Waals surface area (Å²) < 4.78 is 44.7. The van der Waals surface area contributed by atoms with Crippen molar-refractivity contribution < 1.29 is 22.4 Å². The van der Waals surface area contributed by atoms with Crippen molar-refractivity contribution in [3.63, 3.8) is 0 Å². The van der Waals surface area contributed by atoms with Crippen molar-refractivity contribution in [3.05, 3.63) is 82.0 Å². The molecule has 0 saturated carbocycles. The molecule has 1 amide bonds. The second-order valence-corrected chi connectivity index (χ2v) is 7.46. The van der Waals surface area contributed by atoms with Crippen molar-refractivity contribution in [3.8, 4) is 11.3 Å². The number of amides is 1. The summed E-state index contributed by atoms with van der Waals surface area (Å²) in [6.07, 6.45) is -2.04. The first kappa shape index (κ1) is 22.9. The second kappa shape index (κ2) is 9.55. The van der Waals surface area contributed by atoms with Gasteiger partial charge in [-0.05, 0) is 60.8 Å². The summed E-state index contributed by atoms with van der Waals surface area (Å²) in [5.41, 5.74) is -0.498. The fraction of sp³-hybridized carbons (Fsp3) is 0.0476. The molecule has 2 N–H and O–H groups in total. The van der Waals surface area contributed by atoms with Gasteiger partial charge in [0.25, 0.3) is 0 Å². The number of anilines is 1. The lowest BCUT2D eigenvalue weighted by Gasteiger charge is -2.14. The number of alkyl halides is 3. The topological polar surface area (TPSA) is 54.3 Å². The van der Waals surface area contributed by atoms with E-state index < -0.39 is 17.6 Å². The zero-order valence-electron chi connectivity index (χ0n) is 15.5. The van der Waals surface area contributed by atoms with Gasteiger partial charge in [0.2, 0.25) is 5.91 Å². The highest BCUT2D eigenvalue weighted by Crippen LogP contribution is 2.34. The molecule has 2 aromatic carbocycles. The molecule has 0 spiro atoms. The van der Waals surface area contributed by atoms with Crippen LogP contribution in [0.15, 0.2) is 65.1 Å². The van der Waals surface area contributed by atoms with Crippen LogP contribution in [0.5, 0.6) is 0 Å². The van der Waals surface area contributed by atoms with Crippen LogP contribution in [-0.2, 0) is 11.0 Å². The molecule has 10 heteroatoms. The van der Waals surface area contributed by atoms with Gasteiger partial charge in [0.1, 0.15) is 11.5 Å². The number of carbonyl (C=O) groups is 1. The molecule has 1 aromatic heterocycles. The van der Waals surface area contributed by atoms with Crippen molar-refractivity contribution in [1.29, 1.82) is 0 Å². The normalized spacial score (nSPS) is 11.5. The molecule has 1 heterocycles. The van der Waals surface area contributed by atoms with Crippen LogP contribution in [-0.4, -0.2) is 11.0 Å². The number of hydrogen-bond acceptors (Lipinski definition) is 3. The Bertz CT molecular complexity index is 1140. The zero-order chi connectivity index (χ0) is 22.6. The molecule has 0 radical (unpaired) electrons. The summed E-state index contributed by atoms with van der Waals surface area (Å²) in [6.45, 7) is 0. The van der Waals surface area contributed by atoms with Crippen LogP contribution in [0.3, 0.4) is 0 Å². The molecule has 0 aliphatic carbocycles. The first-order chi connectivity index (χ1) is 14.6. The van der Waals surface area contributed by atoms with Gasteiger partial charge < -0.3 is 9.73 Å². The maximum atomic E-state index is 13.0. The predicted molar refractivity (Wildman–Crippen MR) is 119 cm³/mol. The van der Waals surface area contributed by atoms with Crippen LogP contribution in [0.1, 0.15) is 11.3 Å². The molecule has 4 nitrogen and oxygen atoms in total. The number of nitrogens with one attached hydrogen (secondary N) is 2. The number of hydrogen-bond donors (Lipinski definition) is 2. The molecule has 0 atom stereocenters. The average molecular weight is 485 g/mol. The lowest BCUT2D eigenvalue weighted by molar-refractivity contribution is -0.136. The van der Waals surface area contributed by atoms with Crippen molar-refractivity contribution >= 4 is 58.2 Å². The van der Waals surface area contributed by atoms with E-state index in [1.807, 2.05) is 0 Å². The molecule has 31 heavy (non-hydrogen) atoms. The Morgan fingerprint density at radius 1 is 1.03 bits per heavy atom. The van der Waals surface area contributed by atoms with Gasteiger partial charge in [0.05, 0.1) is 11.3 Å². The summed E-state index contributed by atoms with van der Waals surface area (Å²) in [6, 6.07) is 13.0. The zero-order valence-corrected chi connectivity index (χ0v) is 17.8. The summed E-state index contributed by atoms with van der Waals surface area (Å²) in [5, 5.41) is 5.28. The van der Waals surface area contributed by atoms with E-state index in [0.29, 0.717) is 27.1 Å². The molecule has 0 fully saturated rings. The fourth-order valence-corrected chi connectivity index (χ4v) is 3.33. The van der Waals surface area contributed by atoms with E-state index in [1.54, 1.807) is 30.3 Å². The summed E-state index contributed by atoms with van der Waals surface area (Å²) in [7, 11) is 0. The van der Waals surface area contributed by atoms with Gasteiger partial charge in [-0.2, -0.15) is 13.2 Å². The number of para-hydroxylation sites is 1. The fourth-order valence-electron chi connectivity index (χ4n) is 2.60. The molecule has 160 valence electrons. The van der Waals surface area contributed by atoms with E-state index in [-0.39, 0.29) is 10.8 Å². The Balaban J connectivity index is 1.63. The van der Waals surface area contributed by atoms with Crippen LogP contribution < -0.4 is 10.6 Å². The second-order valence-electron chi connectivity index (χ2n) is 6.18. The highest BCUT2D eigenvalue weighted by atomic mass is 35.5. The van der Waals surface area contributed by atoms with E-state index in [1.165, 1.54) is 24.3 Å². The third-order valence-corrected chi connectivity index (χ3v) is 4.53. The number of benzene rings is 2. The van der Waals surface area contributed by atoms with Gasteiger partial charge in [-0.15, -0.1) is 0 Å². The third kappa shape index (κ3) is 6.33. The Morgan fingerprint density at radius 3 is 2.39 bits per heavy atom. The van der Waals surface area contributed by atoms with Crippen molar-refractivity contribution in [1.82, 2.24) is 5.32 Å². The lowest BCUT2D eigenvalue weighted by Crippen LogP contribution is -2.33. The third-order valence-electron chi connectivity index (χ3n) is 3.89. The summed E-state index contributed by atoms with van der Waals surface area (Å²) in [4.78, 5) is 12.0. The van der Waals surface area contributed by atoms with Gasteiger partial charge in [-0.25, -0.2) is 0 Å².